The largest absolute Gasteiger partial charge is 0.314 e. The number of hydrogen-bond donors (Lipinski definition) is 1. The molecule has 21 heavy (non-hydrogen) atoms. The van der Waals surface area contributed by atoms with Crippen molar-refractivity contribution in [2.75, 3.05) is 37.7 Å². The van der Waals surface area contributed by atoms with E-state index in [-0.39, 0.29) is 5.75 Å². The van der Waals surface area contributed by atoms with E-state index >= 15 is 0 Å². The molecule has 0 aliphatic carbocycles. The number of hydrogen-bond acceptors (Lipinski definition) is 4. The molecule has 0 radical (unpaired) electrons. The third kappa shape index (κ3) is 5.41. The van der Waals surface area contributed by atoms with Crippen molar-refractivity contribution in [2.24, 2.45) is 0 Å². The number of nitrogens with zero attached hydrogens (tertiary/aromatic N) is 1. The van der Waals surface area contributed by atoms with Gasteiger partial charge >= 0.3 is 0 Å². The molecule has 1 aliphatic heterocycles. The van der Waals surface area contributed by atoms with E-state index < -0.39 is 9.84 Å². The third-order valence-corrected chi connectivity index (χ3v) is 5.83. The topological polar surface area (TPSA) is 49.4 Å². The van der Waals surface area contributed by atoms with E-state index in [1.807, 2.05) is 13.0 Å². The van der Waals surface area contributed by atoms with Gasteiger partial charge in [0.1, 0.15) is 0 Å². The van der Waals surface area contributed by atoms with Crippen molar-refractivity contribution in [1.82, 2.24) is 10.2 Å². The summed E-state index contributed by atoms with van der Waals surface area (Å²) in [5, 5.41) is 3.42. The zero-order chi connectivity index (χ0) is 15.1. The zero-order valence-electron chi connectivity index (χ0n) is 12.8. The maximum atomic E-state index is 11.9. The van der Waals surface area contributed by atoms with Crippen molar-refractivity contribution in [3.63, 3.8) is 0 Å². The Morgan fingerprint density at radius 3 is 2.71 bits per heavy atom. The van der Waals surface area contributed by atoms with Crippen LogP contribution in [0.2, 0.25) is 0 Å². The molecule has 2 rings (SSSR count). The fourth-order valence-electron chi connectivity index (χ4n) is 2.85. The Balaban J connectivity index is 1.93. The number of nitrogens with one attached hydrogen (secondary N) is 1. The molecular formula is C16H26N2O2S. The summed E-state index contributed by atoms with van der Waals surface area (Å²) in [7, 11) is -2.89. The van der Waals surface area contributed by atoms with E-state index in [4.69, 9.17) is 0 Å². The molecule has 4 nitrogen and oxygen atoms in total. The van der Waals surface area contributed by atoms with Crippen molar-refractivity contribution in [1.29, 1.82) is 0 Å². The Morgan fingerprint density at radius 1 is 1.24 bits per heavy atom. The molecule has 1 saturated heterocycles. The van der Waals surface area contributed by atoms with Crippen LogP contribution in [-0.2, 0) is 16.3 Å². The predicted octanol–water partition coefficient (Wildman–Crippen LogP) is 1.33. The first-order valence-corrected chi connectivity index (χ1v) is 9.62. The number of piperazine rings is 1. The molecule has 0 aromatic heterocycles. The van der Waals surface area contributed by atoms with Crippen LogP contribution in [0.5, 0.6) is 0 Å². The van der Waals surface area contributed by atoms with Crippen molar-refractivity contribution in [2.45, 2.75) is 25.8 Å². The minimum absolute atomic E-state index is 0.284. The van der Waals surface area contributed by atoms with E-state index in [2.05, 4.69) is 34.5 Å². The SMILES string of the molecule is CCCS(=O)(=O)CCN1CCNCC1Cc1ccccc1. The third-order valence-electron chi connectivity index (χ3n) is 3.99. The van der Waals surface area contributed by atoms with Gasteiger partial charge in [-0.2, -0.15) is 0 Å². The van der Waals surface area contributed by atoms with Gasteiger partial charge in [-0.15, -0.1) is 0 Å². The Bertz CT molecular complexity index is 516. The van der Waals surface area contributed by atoms with Crippen LogP contribution in [0.25, 0.3) is 0 Å². The number of sulfone groups is 1. The quantitative estimate of drug-likeness (QED) is 0.825. The first-order valence-electron chi connectivity index (χ1n) is 7.80. The summed E-state index contributed by atoms with van der Waals surface area (Å²) in [5.74, 6) is 0.592. The van der Waals surface area contributed by atoms with Gasteiger partial charge in [-0.05, 0) is 18.4 Å². The Hall–Kier alpha value is -0.910. The van der Waals surface area contributed by atoms with Gasteiger partial charge in [0.15, 0.2) is 9.84 Å². The van der Waals surface area contributed by atoms with Crippen molar-refractivity contribution < 1.29 is 8.42 Å². The standard InChI is InChI=1S/C16H26N2O2S/c1-2-11-21(19,20)12-10-18-9-8-17-14-16(18)13-15-6-4-3-5-7-15/h3-7,16-17H,2,8-14H2,1H3. The van der Waals surface area contributed by atoms with Gasteiger partial charge in [0.2, 0.25) is 0 Å². The summed E-state index contributed by atoms with van der Waals surface area (Å²) in [4.78, 5) is 2.33. The molecule has 0 bridgehead atoms. The van der Waals surface area contributed by atoms with Crippen LogP contribution in [-0.4, -0.2) is 57.0 Å². The van der Waals surface area contributed by atoms with E-state index in [1.165, 1.54) is 5.56 Å². The molecule has 1 N–H and O–H groups in total. The maximum Gasteiger partial charge on any atom is 0.151 e. The predicted molar refractivity (Wildman–Crippen MR) is 87.3 cm³/mol. The highest BCUT2D eigenvalue weighted by Gasteiger charge is 2.23. The molecule has 1 heterocycles. The highest BCUT2D eigenvalue weighted by Crippen LogP contribution is 2.11. The van der Waals surface area contributed by atoms with Gasteiger partial charge in [0, 0.05) is 38.0 Å². The van der Waals surface area contributed by atoms with Gasteiger partial charge in [0.25, 0.3) is 0 Å². The first-order chi connectivity index (χ1) is 10.1. The Labute approximate surface area is 128 Å². The summed E-state index contributed by atoms with van der Waals surface area (Å²) in [5.41, 5.74) is 1.31. The monoisotopic (exact) mass is 310 g/mol. The molecule has 0 amide bonds. The fraction of sp³-hybridized carbons (Fsp3) is 0.625. The maximum absolute atomic E-state index is 11.9. The second-order valence-corrected chi connectivity index (χ2v) is 8.04. The Kier molecular flexibility index (Phi) is 6.21. The molecule has 1 aromatic carbocycles. The molecule has 0 spiro atoms. The van der Waals surface area contributed by atoms with Gasteiger partial charge in [-0.3, -0.25) is 4.90 Å². The zero-order valence-corrected chi connectivity index (χ0v) is 13.6. The van der Waals surface area contributed by atoms with Crippen LogP contribution < -0.4 is 5.32 Å². The minimum atomic E-state index is -2.89. The molecule has 1 aromatic rings. The van der Waals surface area contributed by atoms with Crippen molar-refractivity contribution in [3.8, 4) is 0 Å². The van der Waals surface area contributed by atoms with Crippen LogP contribution in [0.1, 0.15) is 18.9 Å². The number of benzene rings is 1. The van der Waals surface area contributed by atoms with Gasteiger partial charge < -0.3 is 5.32 Å². The van der Waals surface area contributed by atoms with E-state index in [0.29, 0.717) is 24.8 Å². The second-order valence-electron chi connectivity index (χ2n) is 5.74. The number of rotatable bonds is 7. The molecular weight excluding hydrogens is 284 g/mol. The van der Waals surface area contributed by atoms with Crippen LogP contribution in [0.3, 0.4) is 0 Å². The molecule has 1 atom stereocenters. The summed E-state index contributed by atoms with van der Waals surface area (Å²) in [6.45, 7) is 5.38. The van der Waals surface area contributed by atoms with Crippen molar-refractivity contribution >= 4 is 9.84 Å². The smallest absolute Gasteiger partial charge is 0.151 e. The van der Waals surface area contributed by atoms with Gasteiger partial charge in [-0.25, -0.2) is 8.42 Å². The lowest BCUT2D eigenvalue weighted by atomic mass is 10.0. The van der Waals surface area contributed by atoms with Crippen LogP contribution in [0, 0.1) is 0 Å². The summed E-state index contributed by atoms with van der Waals surface area (Å²) < 4.78 is 23.8. The average Bonchev–Trinajstić information content (AvgIpc) is 2.47. The van der Waals surface area contributed by atoms with Crippen LogP contribution >= 0.6 is 0 Å². The molecule has 5 heteroatoms. The van der Waals surface area contributed by atoms with Crippen molar-refractivity contribution in [3.05, 3.63) is 35.9 Å². The van der Waals surface area contributed by atoms with E-state index in [0.717, 1.165) is 26.1 Å². The highest BCUT2D eigenvalue weighted by molar-refractivity contribution is 7.91. The van der Waals surface area contributed by atoms with Crippen LogP contribution in [0.15, 0.2) is 30.3 Å². The lowest BCUT2D eigenvalue weighted by molar-refractivity contribution is 0.169. The van der Waals surface area contributed by atoms with E-state index in [9.17, 15) is 8.42 Å². The average molecular weight is 310 g/mol. The summed E-state index contributed by atoms with van der Waals surface area (Å²) in [6.07, 6.45) is 1.68. The fourth-order valence-corrected chi connectivity index (χ4v) is 4.19. The van der Waals surface area contributed by atoms with Gasteiger partial charge in [-0.1, -0.05) is 37.3 Å². The lowest BCUT2D eigenvalue weighted by Gasteiger charge is -2.36. The van der Waals surface area contributed by atoms with Gasteiger partial charge in [0.05, 0.1) is 5.75 Å². The lowest BCUT2D eigenvalue weighted by Crippen LogP contribution is -2.53. The molecule has 1 aliphatic rings. The Morgan fingerprint density at radius 2 is 2.00 bits per heavy atom. The molecule has 118 valence electrons. The van der Waals surface area contributed by atoms with Crippen LogP contribution in [0.4, 0.5) is 0 Å². The minimum Gasteiger partial charge on any atom is -0.314 e. The van der Waals surface area contributed by atoms with E-state index in [1.54, 1.807) is 0 Å². The molecule has 1 unspecified atom stereocenters. The molecule has 1 fully saturated rings. The second kappa shape index (κ2) is 7.92. The first kappa shape index (κ1) is 16.5. The summed E-state index contributed by atoms with van der Waals surface area (Å²) in [6, 6.07) is 10.8. The normalized spacial score (nSPS) is 20.5. The summed E-state index contributed by atoms with van der Waals surface area (Å²) >= 11 is 0. The molecule has 0 saturated carbocycles. The highest BCUT2D eigenvalue weighted by atomic mass is 32.2.